The van der Waals surface area contributed by atoms with Crippen LogP contribution >= 0.6 is 0 Å². The van der Waals surface area contributed by atoms with Gasteiger partial charge in [0.2, 0.25) is 0 Å². The monoisotopic (exact) mass is 165 g/mol. The van der Waals surface area contributed by atoms with Crippen molar-refractivity contribution in [2.45, 2.75) is 13.8 Å². The first-order chi connectivity index (χ1) is 5.57. The molecule has 12 heavy (non-hydrogen) atoms. The molecule has 0 spiro atoms. The van der Waals surface area contributed by atoms with Gasteiger partial charge in [-0.15, -0.1) is 0 Å². The van der Waals surface area contributed by atoms with E-state index in [1.807, 2.05) is 0 Å². The highest BCUT2D eigenvalue weighted by Crippen LogP contribution is 2.21. The number of nitrogens with one attached hydrogen (secondary N) is 1. The Labute approximate surface area is 70.4 Å². The summed E-state index contributed by atoms with van der Waals surface area (Å²) in [6, 6.07) is 0. The molecule has 0 aromatic carbocycles. The van der Waals surface area contributed by atoms with Crippen molar-refractivity contribution in [3.8, 4) is 5.75 Å². The molecule has 1 rings (SSSR count). The summed E-state index contributed by atoms with van der Waals surface area (Å²) in [7, 11) is 0. The largest absolute Gasteiger partial charge is 0.507 e. The Bertz CT molecular complexity index is 377. The van der Waals surface area contributed by atoms with E-state index in [4.69, 9.17) is 0 Å². The molecule has 0 aliphatic carbocycles. The molecule has 1 aromatic heterocycles. The lowest BCUT2D eigenvalue weighted by Gasteiger charge is -2.05. The van der Waals surface area contributed by atoms with Crippen molar-refractivity contribution in [1.29, 1.82) is 0 Å². The summed E-state index contributed by atoms with van der Waals surface area (Å²) < 4.78 is 0. The first-order valence-corrected chi connectivity index (χ1v) is 3.62. The maximum absolute atomic E-state index is 11.1. The van der Waals surface area contributed by atoms with Crippen molar-refractivity contribution >= 4 is 6.08 Å². The number of aromatic amines is 1. The average molecular weight is 165 g/mol. The number of hydrogen-bond donors (Lipinski definition) is 2. The Morgan fingerprint density at radius 1 is 1.50 bits per heavy atom. The average Bonchev–Trinajstić information content (AvgIpc) is 2.01. The lowest BCUT2D eigenvalue weighted by Crippen LogP contribution is -2.11. The van der Waals surface area contributed by atoms with E-state index >= 15 is 0 Å². The number of rotatable bonds is 1. The zero-order valence-corrected chi connectivity index (χ0v) is 7.14. The second-order valence-electron chi connectivity index (χ2n) is 2.67. The van der Waals surface area contributed by atoms with E-state index in [-0.39, 0.29) is 11.3 Å². The molecule has 0 bridgehead atoms. The first kappa shape index (κ1) is 8.59. The minimum absolute atomic E-state index is 0.0197. The molecule has 0 radical (unpaired) electrons. The van der Waals surface area contributed by atoms with Gasteiger partial charge in [0.25, 0.3) is 5.56 Å². The molecule has 64 valence electrons. The van der Waals surface area contributed by atoms with E-state index in [1.54, 1.807) is 13.8 Å². The van der Waals surface area contributed by atoms with Crippen molar-refractivity contribution in [3.05, 3.63) is 33.8 Å². The molecule has 0 aliphatic rings. The van der Waals surface area contributed by atoms with E-state index in [1.165, 1.54) is 6.08 Å². The second-order valence-corrected chi connectivity index (χ2v) is 2.67. The van der Waals surface area contributed by atoms with E-state index < -0.39 is 0 Å². The molecule has 0 amide bonds. The number of aromatic nitrogens is 1. The molecule has 0 fully saturated rings. The van der Waals surface area contributed by atoms with Crippen LogP contribution in [0.15, 0.2) is 11.4 Å². The molecule has 3 heteroatoms. The van der Waals surface area contributed by atoms with Crippen molar-refractivity contribution in [1.82, 2.24) is 4.98 Å². The van der Waals surface area contributed by atoms with Gasteiger partial charge in [-0.25, -0.2) is 0 Å². The molecule has 0 atom stereocenters. The smallest absolute Gasteiger partial charge is 0.254 e. The third kappa shape index (κ3) is 1.13. The molecule has 0 saturated heterocycles. The first-order valence-electron chi connectivity index (χ1n) is 3.62. The Balaban J connectivity index is 3.62. The van der Waals surface area contributed by atoms with Crippen LogP contribution in [-0.4, -0.2) is 10.1 Å². The predicted octanol–water partition coefficient (Wildman–Crippen LogP) is 1.34. The zero-order valence-electron chi connectivity index (χ0n) is 7.14. The Hall–Kier alpha value is -1.51. The molecule has 0 unspecified atom stereocenters. The van der Waals surface area contributed by atoms with Gasteiger partial charge >= 0.3 is 0 Å². The van der Waals surface area contributed by atoms with Crippen molar-refractivity contribution < 1.29 is 5.11 Å². The number of pyridine rings is 1. The summed E-state index contributed by atoms with van der Waals surface area (Å²) in [6.45, 7) is 6.83. The van der Waals surface area contributed by atoms with Crippen LogP contribution in [0.4, 0.5) is 0 Å². The summed E-state index contributed by atoms with van der Waals surface area (Å²) in [5.41, 5.74) is 1.30. The van der Waals surface area contributed by atoms with Gasteiger partial charge in [-0.2, -0.15) is 0 Å². The van der Waals surface area contributed by atoms with Gasteiger partial charge < -0.3 is 10.1 Å². The van der Waals surface area contributed by atoms with Crippen LogP contribution < -0.4 is 5.56 Å². The van der Waals surface area contributed by atoms with E-state index in [2.05, 4.69) is 11.6 Å². The van der Waals surface area contributed by atoms with Gasteiger partial charge in [0.15, 0.2) is 0 Å². The van der Waals surface area contributed by atoms with Crippen LogP contribution in [0.1, 0.15) is 16.8 Å². The summed E-state index contributed by atoms with van der Waals surface area (Å²) >= 11 is 0. The normalized spacial score (nSPS) is 9.83. The fraction of sp³-hybridized carbons (Fsp3) is 0.222. The standard InChI is InChI=1S/C9H11NO2/c1-4-7-6(3)10-9(12)5(2)8(7)11/h4H,1H2,2-3H3,(H2,10,11,12). The van der Waals surface area contributed by atoms with Gasteiger partial charge in [0, 0.05) is 11.3 Å². The van der Waals surface area contributed by atoms with Gasteiger partial charge in [0.05, 0.1) is 5.56 Å². The van der Waals surface area contributed by atoms with Crippen LogP contribution in [0.5, 0.6) is 5.75 Å². The highest BCUT2D eigenvalue weighted by atomic mass is 16.3. The highest BCUT2D eigenvalue weighted by Gasteiger charge is 2.07. The molecule has 0 saturated carbocycles. The third-order valence-corrected chi connectivity index (χ3v) is 1.86. The van der Waals surface area contributed by atoms with Crippen LogP contribution in [-0.2, 0) is 0 Å². The van der Waals surface area contributed by atoms with Crippen LogP contribution in [0, 0.1) is 13.8 Å². The number of aryl methyl sites for hydroxylation is 1. The van der Waals surface area contributed by atoms with Crippen molar-refractivity contribution in [3.63, 3.8) is 0 Å². The minimum Gasteiger partial charge on any atom is -0.507 e. The maximum atomic E-state index is 11.1. The highest BCUT2D eigenvalue weighted by molar-refractivity contribution is 5.59. The molecule has 3 nitrogen and oxygen atoms in total. The van der Waals surface area contributed by atoms with E-state index in [9.17, 15) is 9.90 Å². The lowest BCUT2D eigenvalue weighted by atomic mass is 10.1. The summed E-state index contributed by atoms with van der Waals surface area (Å²) in [4.78, 5) is 13.7. The summed E-state index contributed by atoms with van der Waals surface area (Å²) in [5, 5.41) is 9.47. The number of H-pyrrole nitrogens is 1. The lowest BCUT2D eigenvalue weighted by molar-refractivity contribution is 0.467. The molecule has 2 N–H and O–H groups in total. The van der Waals surface area contributed by atoms with Crippen LogP contribution in [0.3, 0.4) is 0 Å². The minimum atomic E-state index is -0.254. The van der Waals surface area contributed by atoms with Crippen molar-refractivity contribution in [2.24, 2.45) is 0 Å². The third-order valence-electron chi connectivity index (χ3n) is 1.86. The van der Waals surface area contributed by atoms with Crippen LogP contribution in [0.25, 0.3) is 6.08 Å². The van der Waals surface area contributed by atoms with Gasteiger partial charge in [0.1, 0.15) is 5.75 Å². The molecular formula is C9H11NO2. The maximum Gasteiger partial charge on any atom is 0.254 e. The molecule has 0 aliphatic heterocycles. The quantitative estimate of drug-likeness (QED) is 0.659. The van der Waals surface area contributed by atoms with E-state index in [0.29, 0.717) is 16.8 Å². The number of aromatic hydroxyl groups is 1. The molecule has 1 heterocycles. The van der Waals surface area contributed by atoms with Crippen LogP contribution in [0.2, 0.25) is 0 Å². The molecular weight excluding hydrogens is 154 g/mol. The van der Waals surface area contributed by atoms with Gasteiger partial charge in [-0.1, -0.05) is 12.7 Å². The topological polar surface area (TPSA) is 53.1 Å². The van der Waals surface area contributed by atoms with E-state index in [0.717, 1.165) is 0 Å². The Morgan fingerprint density at radius 2 is 2.08 bits per heavy atom. The Kier molecular flexibility index (Phi) is 2.04. The van der Waals surface area contributed by atoms with Crippen molar-refractivity contribution in [2.75, 3.05) is 0 Å². The number of hydrogen-bond acceptors (Lipinski definition) is 2. The second kappa shape index (κ2) is 2.85. The van der Waals surface area contributed by atoms with Gasteiger partial charge in [-0.3, -0.25) is 4.79 Å². The fourth-order valence-electron chi connectivity index (χ4n) is 1.07. The fourth-order valence-corrected chi connectivity index (χ4v) is 1.07. The Morgan fingerprint density at radius 3 is 2.58 bits per heavy atom. The summed E-state index contributed by atoms with van der Waals surface area (Å²) in [6.07, 6.45) is 1.52. The predicted molar refractivity (Wildman–Crippen MR) is 48.3 cm³/mol. The SMILES string of the molecule is C=Cc1c(C)[nH]c(=O)c(C)c1O. The molecule has 1 aromatic rings. The van der Waals surface area contributed by atoms with Gasteiger partial charge in [-0.05, 0) is 13.8 Å². The summed E-state index contributed by atoms with van der Waals surface area (Å²) in [5.74, 6) is 0.0197. The zero-order chi connectivity index (χ0) is 9.30.